The molecule has 5 nitrogen and oxygen atoms in total. The Balaban J connectivity index is 0.000000187. The van der Waals surface area contributed by atoms with E-state index in [9.17, 15) is 5.21 Å². The fourth-order valence-corrected chi connectivity index (χ4v) is 2.75. The van der Waals surface area contributed by atoms with Gasteiger partial charge < -0.3 is 14.7 Å². The third-order valence-corrected chi connectivity index (χ3v) is 4.19. The van der Waals surface area contributed by atoms with Gasteiger partial charge in [0.05, 0.1) is 14.2 Å². The summed E-state index contributed by atoms with van der Waals surface area (Å²) in [6.07, 6.45) is 4.70. The highest BCUT2D eigenvalue weighted by Gasteiger charge is 2.00. The lowest BCUT2D eigenvalue weighted by Gasteiger charge is -2.02. The molecule has 4 rings (SSSR count). The summed E-state index contributed by atoms with van der Waals surface area (Å²) >= 11 is 5.90. The highest BCUT2D eigenvalue weighted by Crippen LogP contribution is 2.24. The van der Waals surface area contributed by atoms with E-state index in [4.69, 9.17) is 21.1 Å². The van der Waals surface area contributed by atoms with Crippen molar-refractivity contribution in [3.8, 4) is 11.5 Å². The number of methoxy groups -OCH3 is 2. The van der Waals surface area contributed by atoms with E-state index in [2.05, 4.69) is 4.98 Å². The summed E-state index contributed by atoms with van der Waals surface area (Å²) in [7, 11) is 3.27. The van der Waals surface area contributed by atoms with Crippen LogP contribution in [0.15, 0.2) is 67.1 Å². The van der Waals surface area contributed by atoms with Crippen molar-refractivity contribution in [1.29, 1.82) is 0 Å². The molecule has 7 heteroatoms. The topological polar surface area (TPSA) is 58.3 Å². The summed E-state index contributed by atoms with van der Waals surface area (Å²) < 4.78 is 11.0. The third kappa shape index (κ3) is 4.90. The normalized spacial score (nSPS) is 9.89. The van der Waals surface area contributed by atoms with Crippen LogP contribution in [-0.4, -0.2) is 19.2 Å². The number of fused-ring (bicyclic) bond motifs is 2. The van der Waals surface area contributed by atoms with Gasteiger partial charge in [0.1, 0.15) is 16.7 Å². The number of benzene rings is 2. The summed E-state index contributed by atoms with van der Waals surface area (Å²) in [5, 5.41) is 15.4. The molecule has 0 N–H and O–H groups in total. The second-order valence-corrected chi connectivity index (χ2v) is 5.85. The van der Waals surface area contributed by atoms with Crippen molar-refractivity contribution in [2.75, 3.05) is 14.2 Å². The van der Waals surface area contributed by atoms with Gasteiger partial charge in [0.2, 0.25) is 0 Å². The summed E-state index contributed by atoms with van der Waals surface area (Å²) in [6.45, 7) is 0. The highest BCUT2D eigenvalue weighted by atomic mass is 35.5. The molecule has 140 valence electrons. The molecule has 0 fully saturated rings. The van der Waals surface area contributed by atoms with E-state index in [0.29, 0.717) is 5.15 Å². The fourth-order valence-electron chi connectivity index (χ4n) is 2.52. The van der Waals surface area contributed by atoms with Crippen LogP contribution in [0.2, 0.25) is 5.15 Å². The number of hydrogen-bond acceptors (Lipinski definition) is 4. The van der Waals surface area contributed by atoms with Crippen molar-refractivity contribution in [3.05, 3.63) is 77.5 Å². The number of halogens is 2. The molecule has 0 atom stereocenters. The minimum Gasteiger partial charge on any atom is -0.619 e. The first-order valence-electron chi connectivity index (χ1n) is 7.85. The first kappa shape index (κ1) is 20.6. The molecular weight excluding hydrogens is 387 g/mol. The monoisotopic (exact) mass is 404 g/mol. The molecule has 0 aliphatic heterocycles. The Hall–Kier alpha value is -2.76. The summed E-state index contributed by atoms with van der Waals surface area (Å²) in [6, 6.07) is 15.0. The average Bonchev–Trinajstić information content (AvgIpc) is 2.68. The van der Waals surface area contributed by atoms with E-state index in [0.717, 1.165) is 37.8 Å². The van der Waals surface area contributed by atoms with Gasteiger partial charge in [-0.15, -0.1) is 12.4 Å². The maximum atomic E-state index is 10.9. The minimum atomic E-state index is 0. The van der Waals surface area contributed by atoms with Crippen molar-refractivity contribution in [3.63, 3.8) is 0 Å². The SMILES string of the molecule is COc1ccc2c(Cl)nccc2c1.COc1ccc2c[n+]([O-])ccc2c1.Cl. The van der Waals surface area contributed by atoms with E-state index in [1.807, 2.05) is 42.5 Å². The molecule has 2 heterocycles. The van der Waals surface area contributed by atoms with Crippen LogP contribution in [0.4, 0.5) is 0 Å². The Kier molecular flexibility index (Phi) is 7.05. The lowest BCUT2D eigenvalue weighted by Crippen LogP contribution is -2.23. The van der Waals surface area contributed by atoms with Crippen LogP contribution >= 0.6 is 24.0 Å². The van der Waals surface area contributed by atoms with Gasteiger partial charge in [-0.2, -0.15) is 4.73 Å². The van der Waals surface area contributed by atoms with Crippen LogP contribution in [0, 0.1) is 5.21 Å². The predicted octanol–water partition coefficient (Wildman–Crippen LogP) is 4.80. The van der Waals surface area contributed by atoms with Crippen molar-refractivity contribution < 1.29 is 14.2 Å². The second kappa shape index (κ2) is 9.26. The molecule has 0 saturated carbocycles. The Morgan fingerprint density at radius 1 is 0.889 bits per heavy atom. The van der Waals surface area contributed by atoms with Gasteiger partial charge in [0.15, 0.2) is 12.4 Å². The molecule has 2 aromatic heterocycles. The van der Waals surface area contributed by atoms with Gasteiger partial charge in [-0.25, -0.2) is 4.98 Å². The first-order valence-corrected chi connectivity index (χ1v) is 8.23. The predicted molar refractivity (Wildman–Crippen MR) is 110 cm³/mol. The standard InChI is InChI=1S/C10H8ClNO.C10H9NO2.ClH/c1-13-8-2-3-9-7(6-8)4-5-12-10(9)11;1-13-10-3-2-9-7-11(12)5-4-8(9)6-10;/h2-6H,1H3;2-7H,1H3;1H. The van der Waals surface area contributed by atoms with E-state index in [1.165, 1.54) is 12.4 Å². The Labute approximate surface area is 168 Å². The smallest absolute Gasteiger partial charge is 0.188 e. The van der Waals surface area contributed by atoms with Crippen LogP contribution in [0.1, 0.15) is 0 Å². The lowest BCUT2D eigenvalue weighted by molar-refractivity contribution is -0.603. The van der Waals surface area contributed by atoms with E-state index < -0.39 is 0 Å². The van der Waals surface area contributed by atoms with Crippen LogP contribution in [0.3, 0.4) is 0 Å². The zero-order valence-electron chi connectivity index (χ0n) is 14.8. The maximum Gasteiger partial charge on any atom is 0.188 e. The maximum absolute atomic E-state index is 10.9. The zero-order chi connectivity index (χ0) is 18.5. The molecule has 27 heavy (non-hydrogen) atoms. The van der Waals surface area contributed by atoms with Crippen LogP contribution in [0.5, 0.6) is 11.5 Å². The van der Waals surface area contributed by atoms with Gasteiger partial charge in [-0.3, -0.25) is 0 Å². The summed E-state index contributed by atoms with van der Waals surface area (Å²) in [4.78, 5) is 3.99. The van der Waals surface area contributed by atoms with Crippen LogP contribution < -0.4 is 14.2 Å². The molecule has 0 radical (unpaired) electrons. The molecule has 0 spiro atoms. The van der Waals surface area contributed by atoms with Gasteiger partial charge >= 0.3 is 0 Å². The minimum absolute atomic E-state index is 0. The molecular formula is C20H18Cl2N2O3. The molecule has 2 aromatic carbocycles. The zero-order valence-corrected chi connectivity index (χ0v) is 16.3. The highest BCUT2D eigenvalue weighted by molar-refractivity contribution is 6.34. The van der Waals surface area contributed by atoms with E-state index >= 15 is 0 Å². The number of pyridine rings is 2. The molecule has 0 aliphatic carbocycles. The van der Waals surface area contributed by atoms with Crippen LogP contribution in [-0.2, 0) is 0 Å². The quantitative estimate of drug-likeness (QED) is 0.273. The van der Waals surface area contributed by atoms with Crippen molar-refractivity contribution in [1.82, 2.24) is 4.98 Å². The second-order valence-electron chi connectivity index (χ2n) is 5.49. The Morgan fingerprint density at radius 2 is 1.56 bits per heavy atom. The van der Waals surface area contributed by atoms with Gasteiger partial charge in [0.25, 0.3) is 0 Å². The third-order valence-electron chi connectivity index (χ3n) is 3.88. The van der Waals surface area contributed by atoms with Gasteiger partial charge in [-0.1, -0.05) is 11.6 Å². The Morgan fingerprint density at radius 3 is 2.26 bits per heavy atom. The largest absolute Gasteiger partial charge is 0.619 e. The number of rotatable bonds is 2. The summed E-state index contributed by atoms with van der Waals surface area (Å²) in [5.74, 6) is 1.63. The van der Waals surface area contributed by atoms with E-state index in [-0.39, 0.29) is 12.4 Å². The Bertz CT molecular complexity index is 1060. The van der Waals surface area contributed by atoms with E-state index in [1.54, 1.807) is 26.5 Å². The van der Waals surface area contributed by atoms with Crippen molar-refractivity contribution in [2.24, 2.45) is 0 Å². The van der Waals surface area contributed by atoms with Gasteiger partial charge in [-0.05, 0) is 53.2 Å². The number of aromatic nitrogens is 2. The molecule has 0 saturated heterocycles. The summed E-state index contributed by atoms with van der Waals surface area (Å²) in [5.41, 5.74) is 0. The van der Waals surface area contributed by atoms with Crippen LogP contribution in [0.25, 0.3) is 21.5 Å². The van der Waals surface area contributed by atoms with Crippen molar-refractivity contribution >= 4 is 45.6 Å². The number of ether oxygens (including phenoxy) is 2. The molecule has 0 bridgehead atoms. The van der Waals surface area contributed by atoms with Gasteiger partial charge in [0, 0.05) is 23.0 Å². The van der Waals surface area contributed by atoms with Crippen molar-refractivity contribution in [2.45, 2.75) is 0 Å². The lowest BCUT2D eigenvalue weighted by atomic mass is 10.2. The molecule has 0 aliphatic rings. The molecule has 0 amide bonds. The number of nitrogens with zero attached hydrogens (tertiary/aromatic N) is 2. The fraction of sp³-hybridized carbons (Fsp3) is 0.100. The average molecular weight is 405 g/mol. The number of hydrogen-bond donors (Lipinski definition) is 0. The molecule has 4 aromatic rings. The first-order chi connectivity index (χ1) is 12.6. The molecule has 0 unspecified atom stereocenters.